The number of rotatable bonds is 2. The summed E-state index contributed by atoms with van der Waals surface area (Å²) in [6, 6.07) is 13.5. The maximum absolute atomic E-state index is 13.3. The van der Waals surface area contributed by atoms with E-state index in [9.17, 15) is 9.18 Å². The van der Waals surface area contributed by atoms with E-state index < -0.39 is 0 Å². The maximum atomic E-state index is 13.3. The van der Waals surface area contributed by atoms with Crippen LogP contribution in [0.1, 0.15) is 34.8 Å². The molecule has 1 aliphatic heterocycles. The van der Waals surface area contributed by atoms with Crippen molar-refractivity contribution in [2.24, 2.45) is 0 Å². The monoisotopic (exact) mass is 303 g/mol. The number of benzene rings is 2. The second-order valence-electron chi connectivity index (χ2n) is 5.22. The first-order valence-electron chi connectivity index (χ1n) is 6.97. The Labute approximate surface area is 128 Å². The van der Waals surface area contributed by atoms with Crippen LogP contribution >= 0.6 is 11.6 Å². The molecule has 0 radical (unpaired) electrons. The molecule has 1 atom stereocenters. The highest BCUT2D eigenvalue weighted by molar-refractivity contribution is 6.30. The van der Waals surface area contributed by atoms with E-state index in [4.69, 9.17) is 11.6 Å². The number of nitrogens with zero attached hydrogens (tertiary/aromatic N) is 1. The summed E-state index contributed by atoms with van der Waals surface area (Å²) in [6.45, 7) is 0.697. The number of likely N-dealkylation sites (tertiary alicyclic amines) is 1. The van der Waals surface area contributed by atoms with Crippen LogP contribution in [0.25, 0.3) is 0 Å². The molecule has 4 heteroatoms. The molecule has 0 aliphatic carbocycles. The molecule has 108 valence electrons. The highest BCUT2D eigenvalue weighted by Gasteiger charge is 2.30. The first-order chi connectivity index (χ1) is 10.1. The van der Waals surface area contributed by atoms with Crippen molar-refractivity contribution in [1.29, 1.82) is 0 Å². The predicted octanol–water partition coefficient (Wildman–Crippen LogP) is 4.46. The normalized spacial score (nSPS) is 18.0. The second-order valence-corrected chi connectivity index (χ2v) is 5.65. The largest absolute Gasteiger partial charge is 0.332 e. The van der Waals surface area contributed by atoms with Crippen molar-refractivity contribution in [3.8, 4) is 0 Å². The summed E-state index contributed by atoms with van der Waals surface area (Å²) in [7, 11) is 0. The van der Waals surface area contributed by atoms with Crippen molar-refractivity contribution in [2.75, 3.05) is 6.54 Å². The molecule has 3 rings (SSSR count). The van der Waals surface area contributed by atoms with Crippen molar-refractivity contribution >= 4 is 17.5 Å². The van der Waals surface area contributed by atoms with Gasteiger partial charge in [0.05, 0.1) is 6.04 Å². The molecule has 1 aliphatic rings. The fourth-order valence-electron chi connectivity index (χ4n) is 2.83. The van der Waals surface area contributed by atoms with Crippen LogP contribution in [0, 0.1) is 5.82 Å². The molecule has 1 heterocycles. The summed E-state index contributed by atoms with van der Waals surface area (Å²) < 4.78 is 13.3. The van der Waals surface area contributed by atoms with Crippen molar-refractivity contribution in [3.63, 3.8) is 0 Å². The molecule has 0 unspecified atom stereocenters. The van der Waals surface area contributed by atoms with Crippen LogP contribution in [0.2, 0.25) is 5.02 Å². The lowest BCUT2D eigenvalue weighted by Gasteiger charge is -2.25. The predicted molar refractivity (Wildman–Crippen MR) is 80.9 cm³/mol. The van der Waals surface area contributed by atoms with Crippen molar-refractivity contribution in [3.05, 3.63) is 70.5 Å². The van der Waals surface area contributed by atoms with Crippen LogP contribution in [-0.2, 0) is 0 Å². The smallest absolute Gasteiger partial charge is 0.254 e. The van der Waals surface area contributed by atoms with Gasteiger partial charge in [-0.15, -0.1) is 0 Å². The zero-order valence-electron chi connectivity index (χ0n) is 11.4. The van der Waals surface area contributed by atoms with E-state index >= 15 is 0 Å². The number of carbonyl (C=O) groups excluding carboxylic acids is 1. The van der Waals surface area contributed by atoms with E-state index in [1.807, 2.05) is 29.2 Å². The molecule has 0 saturated carbocycles. The first kappa shape index (κ1) is 14.1. The van der Waals surface area contributed by atoms with Crippen LogP contribution in [0.3, 0.4) is 0 Å². The van der Waals surface area contributed by atoms with Crippen LogP contribution in [0.5, 0.6) is 0 Å². The summed E-state index contributed by atoms with van der Waals surface area (Å²) in [4.78, 5) is 14.4. The van der Waals surface area contributed by atoms with Gasteiger partial charge in [0.25, 0.3) is 5.91 Å². The van der Waals surface area contributed by atoms with E-state index in [1.54, 1.807) is 12.1 Å². The topological polar surface area (TPSA) is 20.3 Å². The lowest BCUT2D eigenvalue weighted by molar-refractivity contribution is 0.0735. The van der Waals surface area contributed by atoms with Crippen LogP contribution in [0.15, 0.2) is 48.5 Å². The van der Waals surface area contributed by atoms with Crippen LogP contribution in [-0.4, -0.2) is 17.4 Å². The Morgan fingerprint density at radius 2 is 1.95 bits per heavy atom. The summed E-state index contributed by atoms with van der Waals surface area (Å²) in [6.07, 6.45) is 1.87. The van der Waals surface area contributed by atoms with Crippen molar-refractivity contribution in [1.82, 2.24) is 4.90 Å². The number of amides is 1. The zero-order valence-corrected chi connectivity index (χ0v) is 12.2. The number of hydrogen-bond donors (Lipinski definition) is 0. The minimum atomic E-state index is -0.386. The third-order valence-corrected chi connectivity index (χ3v) is 4.09. The third-order valence-electron chi connectivity index (χ3n) is 3.84. The molecule has 1 fully saturated rings. The fourth-order valence-corrected chi connectivity index (χ4v) is 2.95. The van der Waals surface area contributed by atoms with Gasteiger partial charge in [-0.3, -0.25) is 4.79 Å². The average molecular weight is 304 g/mol. The standard InChI is InChI=1S/C17H15ClFNO/c18-14-8-6-12(7-9-14)16-5-2-10-20(16)17(21)13-3-1-4-15(19)11-13/h1,3-4,6-9,11,16H,2,5,10H2/t16-/m0/s1. The molecule has 2 aromatic carbocycles. The third kappa shape index (κ3) is 2.93. The molecule has 0 bridgehead atoms. The van der Waals surface area contributed by atoms with Gasteiger partial charge in [0.2, 0.25) is 0 Å². The number of carbonyl (C=O) groups is 1. The molecule has 2 aromatic rings. The molecule has 0 N–H and O–H groups in total. The van der Waals surface area contributed by atoms with Gasteiger partial charge in [-0.1, -0.05) is 29.8 Å². The van der Waals surface area contributed by atoms with E-state index in [0.717, 1.165) is 18.4 Å². The van der Waals surface area contributed by atoms with Gasteiger partial charge >= 0.3 is 0 Å². The lowest BCUT2D eigenvalue weighted by Crippen LogP contribution is -2.30. The lowest BCUT2D eigenvalue weighted by atomic mass is 10.0. The minimum absolute atomic E-state index is 0.0398. The van der Waals surface area contributed by atoms with Gasteiger partial charge in [-0.25, -0.2) is 4.39 Å². The Balaban J connectivity index is 1.87. The van der Waals surface area contributed by atoms with E-state index in [-0.39, 0.29) is 17.8 Å². The SMILES string of the molecule is O=C(c1cccc(F)c1)N1CCC[C@H]1c1ccc(Cl)cc1. The van der Waals surface area contributed by atoms with Crippen LogP contribution < -0.4 is 0 Å². The average Bonchev–Trinajstić information content (AvgIpc) is 2.96. The maximum Gasteiger partial charge on any atom is 0.254 e. The van der Waals surface area contributed by atoms with E-state index in [0.29, 0.717) is 17.1 Å². The summed E-state index contributed by atoms with van der Waals surface area (Å²) in [5.41, 5.74) is 1.47. The molecular formula is C17H15ClFNO. The second kappa shape index (κ2) is 5.86. The number of hydrogen-bond acceptors (Lipinski definition) is 1. The summed E-state index contributed by atoms with van der Waals surface area (Å²) >= 11 is 5.91. The van der Waals surface area contributed by atoms with Crippen molar-refractivity contribution < 1.29 is 9.18 Å². The summed E-state index contributed by atoms with van der Waals surface area (Å²) in [5, 5.41) is 0.680. The van der Waals surface area contributed by atoms with Gasteiger partial charge in [0.15, 0.2) is 0 Å². The Bertz CT molecular complexity index is 656. The highest BCUT2D eigenvalue weighted by Crippen LogP contribution is 2.33. The zero-order chi connectivity index (χ0) is 14.8. The van der Waals surface area contributed by atoms with E-state index in [2.05, 4.69) is 0 Å². The summed E-state index contributed by atoms with van der Waals surface area (Å²) in [5.74, 6) is -0.505. The Hall–Kier alpha value is -1.87. The molecule has 21 heavy (non-hydrogen) atoms. The van der Waals surface area contributed by atoms with E-state index in [1.165, 1.54) is 12.1 Å². The fraction of sp³-hybridized carbons (Fsp3) is 0.235. The molecule has 1 amide bonds. The minimum Gasteiger partial charge on any atom is -0.332 e. The van der Waals surface area contributed by atoms with Gasteiger partial charge in [0, 0.05) is 17.1 Å². The number of halogens is 2. The molecular weight excluding hydrogens is 289 g/mol. The Kier molecular flexibility index (Phi) is 3.93. The van der Waals surface area contributed by atoms with Gasteiger partial charge in [0.1, 0.15) is 5.82 Å². The van der Waals surface area contributed by atoms with Gasteiger partial charge < -0.3 is 4.90 Å². The highest BCUT2D eigenvalue weighted by atomic mass is 35.5. The molecule has 0 spiro atoms. The van der Waals surface area contributed by atoms with Crippen LogP contribution in [0.4, 0.5) is 4.39 Å². The first-order valence-corrected chi connectivity index (χ1v) is 7.35. The quantitative estimate of drug-likeness (QED) is 0.802. The Morgan fingerprint density at radius 1 is 1.19 bits per heavy atom. The van der Waals surface area contributed by atoms with Gasteiger partial charge in [-0.2, -0.15) is 0 Å². The van der Waals surface area contributed by atoms with Gasteiger partial charge in [-0.05, 0) is 48.7 Å². The molecule has 1 saturated heterocycles. The molecule has 2 nitrogen and oxygen atoms in total. The Morgan fingerprint density at radius 3 is 2.67 bits per heavy atom. The van der Waals surface area contributed by atoms with Crippen molar-refractivity contribution in [2.45, 2.75) is 18.9 Å². The molecule has 0 aromatic heterocycles.